The van der Waals surface area contributed by atoms with E-state index in [1.807, 2.05) is 6.07 Å². The first-order valence-corrected chi connectivity index (χ1v) is 7.07. The van der Waals surface area contributed by atoms with Crippen molar-refractivity contribution in [3.05, 3.63) is 45.7 Å². The van der Waals surface area contributed by atoms with Gasteiger partial charge in [0.1, 0.15) is 5.82 Å². The second-order valence-corrected chi connectivity index (χ2v) is 6.78. The van der Waals surface area contributed by atoms with Gasteiger partial charge in [0.25, 0.3) is 0 Å². The third-order valence-corrected chi connectivity index (χ3v) is 3.85. The molecule has 2 N–H and O–H groups in total. The quantitative estimate of drug-likeness (QED) is 0.918. The molecule has 2 rings (SSSR count). The third kappa shape index (κ3) is 2.97. The molecule has 0 saturated carbocycles. The Morgan fingerprint density at radius 3 is 2.70 bits per heavy atom. The maximum atomic E-state index is 13.2. The number of thiazole rings is 1. The lowest BCUT2D eigenvalue weighted by atomic mass is 9.89. The minimum atomic E-state index is -0.398. The van der Waals surface area contributed by atoms with Crippen molar-refractivity contribution in [3.63, 3.8) is 0 Å². The number of nitrogens with two attached hydrogens (primary N) is 1. The number of anilines is 1. The molecule has 0 aliphatic rings. The zero-order valence-corrected chi connectivity index (χ0v) is 12.5. The molecule has 1 aromatic heterocycles. The topological polar surface area (TPSA) is 62.7 Å². The van der Waals surface area contributed by atoms with E-state index in [2.05, 4.69) is 25.8 Å². The highest BCUT2D eigenvalue weighted by Gasteiger charge is 2.23. The van der Waals surface area contributed by atoms with Gasteiger partial charge in [0.15, 0.2) is 5.13 Å². The number of aromatic nitrogens is 1. The van der Waals surface area contributed by atoms with Crippen molar-refractivity contribution in [2.24, 2.45) is 0 Å². The number of benzene rings is 1. The Kier molecular flexibility index (Phi) is 3.78. The molecule has 0 radical (unpaired) electrons. The van der Waals surface area contributed by atoms with E-state index < -0.39 is 5.82 Å². The van der Waals surface area contributed by atoms with Crippen LogP contribution in [0, 0.1) is 17.1 Å². The summed E-state index contributed by atoms with van der Waals surface area (Å²) in [4.78, 5) is 5.42. The summed E-state index contributed by atoms with van der Waals surface area (Å²) in [5.41, 5.74) is 7.78. The summed E-state index contributed by atoms with van der Waals surface area (Å²) >= 11 is 1.42. The van der Waals surface area contributed by atoms with Gasteiger partial charge in [-0.25, -0.2) is 9.37 Å². The zero-order chi connectivity index (χ0) is 14.9. The molecule has 0 atom stereocenters. The molecule has 20 heavy (non-hydrogen) atoms. The minimum absolute atomic E-state index is 0.115. The Morgan fingerprint density at radius 2 is 2.10 bits per heavy atom. The summed E-state index contributed by atoms with van der Waals surface area (Å²) in [6, 6.07) is 6.32. The van der Waals surface area contributed by atoms with Crippen molar-refractivity contribution in [2.45, 2.75) is 32.6 Å². The monoisotopic (exact) mass is 289 g/mol. The lowest BCUT2D eigenvalue weighted by Gasteiger charge is -2.17. The van der Waals surface area contributed by atoms with Gasteiger partial charge < -0.3 is 5.73 Å². The van der Waals surface area contributed by atoms with E-state index in [1.165, 1.54) is 23.5 Å². The lowest BCUT2D eigenvalue weighted by Crippen LogP contribution is -2.14. The van der Waals surface area contributed by atoms with Gasteiger partial charge in [-0.05, 0) is 17.7 Å². The highest BCUT2D eigenvalue weighted by atomic mass is 32.1. The fourth-order valence-corrected chi connectivity index (χ4v) is 3.12. The van der Waals surface area contributed by atoms with Crippen LogP contribution in [0.25, 0.3) is 0 Å². The average Bonchev–Trinajstić information content (AvgIpc) is 2.72. The molecule has 1 aromatic carbocycles. The molecule has 0 saturated heterocycles. The molecule has 0 aliphatic heterocycles. The van der Waals surface area contributed by atoms with E-state index in [0.717, 1.165) is 16.1 Å². The largest absolute Gasteiger partial charge is 0.375 e. The maximum Gasteiger partial charge on any atom is 0.180 e. The number of halogens is 1. The predicted octanol–water partition coefficient (Wildman–Crippen LogP) is 3.62. The lowest BCUT2D eigenvalue weighted by molar-refractivity contribution is 0.568. The summed E-state index contributed by atoms with van der Waals surface area (Å²) in [6.45, 7) is 6.21. The SMILES string of the molecule is CC(C)(C)c1nc(N)sc1Cc1ccc(F)cc1C#N. The maximum absolute atomic E-state index is 13.2. The van der Waals surface area contributed by atoms with Crippen LogP contribution in [-0.2, 0) is 11.8 Å². The van der Waals surface area contributed by atoms with Gasteiger partial charge in [0.05, 0.1) is 17.3 Å². The second-order valence-electron chi connectivity index (χ2n) is 5.66. The smallest absolute Gasteiger partial charge is 0.180 e. The Hall–Kier alpha value is -1.93. The molecule has 0 spiro atoms. The van der Waals surface area contributed by atoms with Crippen LogP contribution in [0.2, 0.25) is 0 Å². The number of hydrogen-bond acceptors (Lipinski definition) is 4. The van der Waals surface area contributed by atoms with Gasteiger partial charge in [0.2, 0.25) is 0 Å². The van der Waals surface area contributed by atoms with E-state index in [9.17, 15) is 4.39 Å². The molecule has 0 bridgehead atoms. The number of nitrogens with zero attached hydrogens (tertiary/aromatic N) is 2. The van der Waals surface area contributed by atoms with Gasteiger partial charge in [-0.1, -0.05) is 26.8 Å². The van der Waals surface area contributed by atoms with Crippen LogP contribution in [0.15, 0.2) is 18.2 Å². The highest BCUT2D eigenvalue weighted by Crippen LogP contribution is 2.32. The van der Waals surface area contributed by atoms with E-state index in [0.29, 0.717) is 17.1 Å². The molecular weight excluding hydrogens is 273 g/mol. The van der Waals surface area contributed by atoms with Gasteiger partial charge in [-0.15, -0.1) is 11.3 Å². The highest BCUT2D eigenvalue weighted by molar-refractivity contribution is 7.15. The van der Waals surface area contributed by atoms with E-state index in [-0.39, 0.29) is 5.41 Å². The summed E-state index contributed by atoms with van der Waals surface area (Å²) < 4.78 is 13.2. The Labute approximate surface area is 121 Å². The molecule has 0 aliphatic carbocycles. The number of nitriles is 1. The van der Waals surface area contributed by atoms with Crippen molar-refractivity contribution in [3.8, 4) is 6.07 Å². The normalized spacial score (nSPS) is 11.3. The van der Waals surface area contributed by atoms with Crippen molar-refractivity contribution >= 4 is 16.5 Å². The van der Waals surface area contributed by atoms with E-state index in [4.69, 9.17) is 11.0 Å². The molecule has 3 nitrogen and oxygen atoms in total. The Bertz CT molecular complexity index is 677. The standard InChI is InChI=1S/C15H16FN3S/c1-15(2,3)13-12(20-14(18)19-13)7-9-4-5-11(16)6-10(9)8-17/h4-6H,7H2,1-3H3,(H2,18,19). The number of hydrogen-bond donors (Lipinski definition) is 1. The van der Waals surface area contributed by atoms with Crippen LogP contribution >= 0.6 is 11.3 Å². The fraction of sp³-hybridized carbons (Fsp3) is 0.333. The van der Waals surface area contributed by atoms with E-state index >= 15 is 0 Å². The first-order chi connectivity index (χ1) is 9.31. The van der Waals surface area contributed by atoms with Gasteiger partial charge in [-0.3, -0.25) is 0 Å². The second kappa shape index (κ2) is 5.22. The van der Waals surface area contributed by atoms with Crippen molar-refractivity contribution in [1.82, 2.24) is 4.98 Å². The molecule has 2 aromatic rings. The van der Waals surface area contributed by atoms with Crippen LogP contribution in [0.1, 0.15) is 42.5 Å². The van der Waals surface area contributed by atoms with Crippen LogP contribution in [-0.4, -0.2) is 4.98 Å². The van der Waals surface area contributed by atoms with Crippen molar-refractivity contribution in [1.29, 1.82) is 5.26 Å². The van der Waals surface area contributed by atoms with Crippen molar-refractivity contribution < 1.29 is 4.39 Å². The number of nitrogen functional groups attached to an aromatic ring is 1. The Balaban J connectivity index is 2.44. The van der Waals surface area contributed by atoms with Crippen LogP contribution < -0.4 is 5.73 Å². The summed E-state index contributed by atoms with van der Waals surface area (Å²) in [5.74, 6) is -0.398. The van der Waals surface area contributed by atoms with Crippen LogP contribution in [0.4, 0.5) is 9.52 Å². The minimum Gasteiger partial charge on any atom is -0.375 e. The molecule has 1 heterocycles. The molecule has 104 valence electrons. The molecule has 0 amide bonds. The predicted molar refractivity (Wildman–Crippen MR) is 79.1 cm³/mol. The molecule has 5 heteroatoms. The van der Waals surface area contributed by atoms with Gasteiger partial charge >= 0.3 is 0 Å². The summed E-state index contributed by atoms with van der Waals surface area (Å²) in [7, 11) is 0. The van der Waals surface area contributed by atoms with E-state index in [1.54, 1.807) is 6.07 Å². The van der Waals surface area contributed by atoms with Gasteiger partial charge in [0, 0.05) is 16.7 Å². The first-order valence-electron chi connectivity index (χ1n) is 6.25. The fourth-order valence-electron chi connectivity index (χ4n) is 2.06. The summed E-state index contributed by atoms with van der Waals surface area (Å²) in [6.07, 6.45) is 0.546. The van der Waals surface area contributed by atoms with Gasteiger partial charge in [-0.2, -0.15) is 5.26 Å². The molecular formula is C15H16FN3S. The molecule has 0 fully saturated rings. The number of rotatable bonds is 2. The van der Waals surface area contributed by atoms with Crippen molar-refractivity contribution in [2.75, 3.05) is 5.73 Å². The molecule has 0 unspecified atom stereocenters. The zero-order valence-electron chi connectivity index (χ0n) is 11.7. The van der Waals surface area contributed by atoms with Crippen LogP contribution in [0.5, 0.6) is 0 Å². The summed E-state index contributed by atoms with van der Waals surface area (Å²) in [5, 5.41) is 9.62. The third-order valence-electron chi connectivity index (χ3n) is 2.97. The van der Waals surface area contributed by atoms with Crippen LogP contribution in [0.3, 0.4) is 0 Å². The first kappa shape index (κ1) is 14.5. The average molecular weight is 289 g/mol. The Morgan fingerprint density at radius 1 is 1.40 bits per heavy atom.